The van der Waals surface area contributed by atoms with Crippen molar-refractivity contribution >= 4 is 11.9 Å². The number of unbranched alkanes of at least 4 members (excludes halogenated alkanes) is 12. The van der Waals surface area contributed by atoms with Gasteiger partial charge in [-0.15, -0.1) is 0 Å². The highest BCUT2D eigenvalue weighted by Crippen LogP contribution is 2.23. The van der Waals surface area contributed by atoms with Gasteiger partial charge in [0.15, 0.2) is 0 Å². The quantitative estimate of drug-likeness (QED) is 0.185. The van der Waals surface area contributed by atoms with Gasteiger partial charge in [0, 0.05) is 20.1 Å². The highest BCUT2D eigenvalue weighted by atomic mass is 16.6. The summed E-state index contributed by atoms with van der Waals surface area (Å²) in [6, 6.07) is 0. The topological polar surface area (TPSA) is 64.6 Å². The normalized spacial score (nSPS) is 18.6. The summed E-state index contributed by atoms with van der Waals surface area (Å²) in [5.41, 5.74) is 0. The number of methoxy groups -OCH3 is 1. The second-order valence-corrected chi connectivity index (χ2v) is 9.18. The van der Waals surface area contributed by atoms with Crippen LogP contribution in [0.2, 0.25) is 0 Å². The molecule has 2 atom stereocenters. The van der Waals surface area contributed by atoms with Gasteiger partial charge in [-0.3, -0.25) is 9.59 Å². The summed E-state index contributed by atoms with van der Waals surface area (Å²) in [4.78, 5) is 24.0. The van der Waals surface area contributed by atoms with Crippen molar-refractivity contribution in [2.24, 2.45) is 0 Å². The number of hydrogen-bond acceptors (Lipinski definition) is 4. The molecule has 182 valence electrons. The Bertz CT molecular complexity index is 455. The fourth-order valence-corrected chi connectivity index (χ4v) is 4.37. The van der Waals surface area contributed by atoms with Crippen LogP contribution in [-0.2, 0) is 19.1 Å². The van der Waals surface area contributed by atoms with Crippen LogP contribution in [0.3, 0.4) is 0 Å². The maximum Gasteiger partial charge on any atom is 0.306 e. The van der Waals surface area contributed by atoms with Crippen LogP contribution >= 0.6 is 0 Å². The molecule has 0 spiro atoms. The number of hydrogen-bond donors (Lipinski definition) is 1. The molecule has 0 aromatic carbocycles. The van der Waals surface area contributed by atoms with Gasteiger partial charge in [-0.25, -0.2) is 0 Å². The number of esters is 1. The standard InChI is InChI=1S/C26H49NO4/c1-3-4-5-6-7-8-9-10-11-12-13-14-17-22-27-25(28)20-21-26(29)31-24-19-16-15-18-23(24)30-2/h23-24H,3-22H2,1-2H3,(H,27,28). The molecule has 5 nitrogen and oxygen atoms in total. The average molecular weight is 440 g/mol. The van der Waals surface area contributed by atoms with Crippen molar-refractivity contribution in [2.45, 2.75) is 141 Å². The maximum absolute atomic E-state index is 12.0. The van der Waals surface area contributed by atoms with Crippen LogP contribution in [-0.4, -0.2) is 37.7 Å². The van der Waals surface area contributed by atoms with Gasteiger partial charge in [-0.05, 0) is 25.7 Å². The number of rotatable bonds is 19. The molecule has 1 aliphatic rings. The first-order valence-corrected chi connectivity index (χ1v) is 13.2. The third-order valence-electron chi connectivity index (χ3n) is 6.39. The number of carbonyl (C=O) groups is 2. The van der Waals surface area contributed by atoms with Crippen LogP contribution in [0, 0.1) is 0 Å². The molecule has 5 heteroatoms. The maximum atomic E-state index is 12.0. The van der Waals surface area contributed by atoms with Crippen LogP contribution in [0.25, 0.3) is 0 Å². The lowest BCUT2D eigenvalue weighted by atomic mass is 9.94. The summed E-state index contributed by atoms with van der Waals surface area (Å²) in [5, 5.41) is 2.93. The lowest BCUT2D eigenvalue weighted by Gasteiger charge is -2.29. The summed E-state index contributed by atoms with van der Waals surface area (Å²) in [5.74, 6) is -0.340. The number of ether oxygens (including phenoxy) is 2. The van der Waals surface area contributed by atoms with Crippen molar-refractivity contribution in [3.8, 4) is 0 Å². The summed E-state index contributed by atoms with van der Waals surface area (Å²) < 4.78 is 10.9. The van der Waals surface area contributed by atoms with E-state index in [0.717, 1.165) is 32.1 Å². The molecule has 1 amide bonds. The van der Waals surface area contributed by atoms with Gasteiger partial charge >= 0.3 is 5.97 Å². The van der Waals surface area contributed by atoms with Crippen molar-refractivity contribution in [3.63, 3.8) is 0 Å². The van der Waals surface area contributed by atoms with Crippen LogP contribution < -0.4 is 5.32 Å². The zero-order valence-corrected chi connectivity index (χ0v) is 20.4. The second kappa shape index (κ2) is 19.6. The smallest absolute Gasteiger partial charge is 0.306 e. The summed E-state index contributed by atoms with van der Waals surface area (Å²) in [7, 11) is 1.67. The predicted octanol–water partition coefficient (Wildman–Crippen LogP) is 6.47. The van der Waals surface area contributed by atoms with Gasteiger partial charge < -0.3 is 14.8 Å². The largest absolute Gasteiger partial charge is 0.460 e. The molecule has 0 aromatic rings. The van der Waals surface area contributed by atoms with E-state index in [2.05, 4.69) is 12.2 Å². The fourth-order valence-electron chi connectivity index (χ4n) is 4.37. The molecule has 31 heavy (non-hydrogen) atoms. The summed E-state index contributed by atoms with van der Waals surface area (Å²) in [6.07, 6.45) is 21.4. The Morgan fingerprint density at radius 2 is 1.26 bits per heavy atom. The highest BCUT2D eigenvalue weighted by molar-refractivity contribution is 5.81. The van der Waals surface area contributed by atoms with E-state index in [1.165, 1.54) is 77.0 Å². The first-order valence-electron chi connectivity index (χ1n) is 13.2. The minimum absolute atomic E-state index is 0.00192. The van der Waals surface area contributed by atoms with Gasteiger partial charge in [-0.1, -0.05) is 90.4 Å². The lowest BCUT2D eigenvalue weighted by Crippen LogP contribution is -2.36. The van der Waals surface area contributed by atoms with E-state index < -0.39 is 0 Å². The minimum atomic E-state index is -0.287. The van der Waals surface area contributed by atoms with Crippen LogP contribution in [0.15, 0.2) is 0 Å². The molecular formula is C26H49NO4. The summed E-state index contributed by atoms with van der Waals surface area (Å²) in [6.45, 7) is 2.97. The fraction of sp³-hybridized carbons (Fsp3) is 0.923. The first kappa shape index (κ1) is 27.9. The van der Waals surface area contributed by atoms with Crippen molar-refractivity contribution in [2.75, 3.05) is 13.7 Å². The molecule has 1 rings (SSSR count). The van der Waals surface area contributed by atoms with Crippen molar-refractivity contribution in [1.82, 2.24) is 5.32 Å². The van der Waals surface area contributed by atoms with Crippen molar-refractivity contribution < 1.29 is 19.1 Å². The Morgan fingerprint density at radius 1 is 0.742 bits per heavy atom. The van der Waals surface area contributed by atoms with Gasteiger partial charge in [-0.2, -0.15) is 0 Å². The molecule has 0 radical (unpaired) electrons. The van der Waals surface area contributed by atoms with Crippen molar-refractivity contribution in [1.29, 1.82) is 0 Å². The molecule has 0 aromatic heterocycles. The molecule has 1 fully saturated rings. The van der Waals surface area contributed by atoms with Crippen molar-refractivity contribution in [3.05, 3.63) is 0 Å². The molecule has 1 aliphatic carbocycles. The number of nitrogens with one attached hydrogen (secondary N) is 1. The van der Waals surface area contributed by atoms with Gasteiger partial charge in [0.25, 0.3) is 0 Å². The van der Waals surface area contributed by atoms with E-state index in [0.29, 0.717) is 6.54 Å². The molecule has 0 bridgehead atoms. The lowest BCUT2D eigenvalue weighted by molar-refractivity contribution is -0.160. The van der Waals surface area contributed by atoms with E-state index in [1.54, 1.807) is 7.11 Å². The molecule has 0 aliphatic heterocycles. The van der Waals surface area contributed by atoms with E-state index in [-0.39, 0.29) is 36.9 Å². The SMILES string of the molecule is CCCCCCCCCCCCCCCNC(=O)CCC(=O)OC1CCCCC1OC. The zero-order valence-electron chi connectivity index (χ0n) is 20.4. The van der Waals surface area contributed by atoms with E-state index in [1.807, 2.05) is 0 Å². The Balaban J connectivity index is 1.87. The number of carbonyl (C=O) groups excluding carboxylic acids is 2. The Labute approximate surface area is 191 Å². The van der Waals surface area contributed by atoms with Crippen LogP contribution in [0.4, 0.5) is 0 Å². The molecule has 0 saturated heterocycles. The number of amides is 1. The predicted molar refractivity (Wildman–Crippen MR) is 127 cm³/mol. The average Bonchev–Trinajstić information content (AvgIpc) is 2.78. The molecular weight excluding hydrogens is 390 g/mol. The molecule has 0 heterocycles. The van der Waals surface area contributed by atoms with E-state index in [4.69, 9.17) is 9.47 Å². The van der Waals surface area contributed by atoms with Gasteiger partial charge in [0.05, 0.1) is 12.5 Å². The minimum Gasteiger partial charge on any atom is -0.460 e. The third kappa shape index (κ3) is 15.4. The molecule has 1 saturated carbocycles. The highest BCUT2D eigenvalue weighted by Gasteiger charge is 2.28. The van der Waals surface area contributed by atoms with Crippen LogP contribution in [0.5, 0.6) is 0 Å². The third-order valence-corrected chi connectivity index (χ3v) is 6.39. The Kier molecular flexibility index (Phi) is 17.6. The van der Waals surface area contributed by atoms with Gasteiger partial charge in [0.2, 0.25) is 5.91 Å². The Morgan fingerprint density at radius 3 is 1.81 bits per heavy atom. The second-order valence-electron chi connectivity index (χ2n) is 9.18. The summed E-state index contributed by atoms with van der Waals surface area (Å²) >= 11 is 0. The van der Waals surface area contributed by atoms with Crippen LogP contribution in [0.1, 0.15) is 129 Å². The molecule has 1 N–H and O–H groups in total. The van der Waals surface area contributed by atoms with E-state index >= 15 is 0 Å². The Hall–Kier alpha value is -1.10. The first-order chi connectivity index (χ1) is 15.2. The van der Waals surface area contributed by atoms with E-state index in [9.17, 15) is 9.59 Å². The van der Waals surface area contributed by atoms with Gasteiger partial charge in [0.1, 0.15) is 6.10 Å². The zero-order chi connectivity index (χ0) is 22.6. The monoisotopic (exact) mass is 439 g/mol. The molecule has 2 unspecified atom stereocenters.